The monoisotopic (exact) mass is 402 g/mol. The van der Waals surface area contributed by atoms with Crippen LogP contribution in [0.4, 0.5) is 0 Å². The lowest BCUT2D eigenvalue weighted by atomic mass is 10.0. The molecule has 30 heavy (non-hydrogen) atoms. The quantitative estimate of drug-likeness (QED) is 0.628. The first kappa shape index (κ1) is 18.9. The van der Waals surface area contributed by atoms with Gasteiger partial charge in [0.15, 0.2) is 5.82 Å². The minimum Gasteiger partial charge on any atom is -0.497 e. The molecule has 2 aliphatic rings. The fourth-order valence-corrected chi connectivity index (χ4v) is 4.26. The van der Waals surface area contributed by atoms with E-state index in [1.807, 2.05) is 12.1 Å². The van der Waals surface area contributed by atoms with E-state index in [1.54, 1.807) is 13.4 Å². The normalized spacial score (nSPS) is 18.6. The van der Waals surface area contributed by atoms with Gasteiger partial charge in [-0.1, -0.05) is 36.4 Å². The van der Waals surface area contributed by atoms with Gasteiger partial charge in [-0.15, -0.1) is 10.2 Å². The van der Waals surface area contributed by atoms with Crippen LogP contribution in [0.5, 0.6) is 5.75 Å². The second-order valence-corrected chi connectivity index (χ2v) is 8.33. The number of amides is 1. The van der Waals surface area contributed by atoms with Crippen LogP contribution >= 0.6 is 0 Å². The summed E-state index contributed by atoms with van der Waals surface area (Å²) in [4.78, 5) is 14.4. The Labute approximate surface area is 176 Å². The number of carbonyl (C=O) groups excluding carboxylic acids is 1. The highest BCUT2D eigenvalue weighted by atomic mass is 16.5. The van der Waals surface area contributed by atoms with E-state index >= 15 is 0 Å². The SMILES string of the molecule is COc1ccc(-c2ccc(-c3nncn3CC3CCN(C(=O)C4CC4)C3)cc2)cc1. The number of methoxy groups -OCH3 is 1. The molecule has 6 heteroatoms. The number of aromatic nitrogens is 3. The van der Waals surface area contributed by atoms with Gasteiger partial charge < -0.3 is 14.2 Å². The summed E-state index contributed by atoms with van der Waals surface area (Å²) in [5.41, 5.74) is 3.35. The van der Waals surface area contributed by atoms with Crippen molar-refractivity contribution in [2.24, 2.45) is 11.8 Å². The van der Waals surface area contributed by atoms with Gasteiger partial charge in [-0.05, 0) is 48.4 Å². The Morgan fingerprint density at radius 1 is 1.00 bits per heavy atom. The topological polar surface area (TPSA) is 60.3 Å². The Morgan fingerprint density at radius 3 is 2.33 bits per heavy atom. The van der Waals surface area contributed by atoms with Crippen LogP contribution in [0.2, 0.25) is 0 Å². The van der Waals surface area contributed by atoms with Gasteiger partial charge in [0.25, 0.3) is 0 Å². The van der Waals surface area contributed by atoms with E-state index in [4.69, 9.17) is 4.74 Å². The van der Waals surface area contributed by atoms with Crippen molar-refractivity contribution in [2.75, 3.05) is 20.2 Å². The lowest BCUT2D eigenvalue weighted by Gasteiger charge is -2.17. The fraction of sp³-hybridized carbons (Fsp3) is 0.375. The molecule has 0 radical (unpaired) electrons. The molecule has 1 unspecified atom stereocenters. The molecule has 0 bridgehead atoms. The standard InChI is InChI=1S/C24H26N4O2/c1-30-22-10-8-19(9-11-22)18-2-4-20(5-3-18)23-26-25-16-28(23)15-17-12-13-27(14-17)24(29)21-6-7-21/h2-5,8-11,16-17,21H,6-7,12-15H2,1H3. The second kappa shape index (κ2) is 7.94. The first-order chi connectivity index (χ1) is 14.7. The van der Waals surface area contributed by atoms with Gasteiger partial charge in [0.1, 0.15) is 12.1 Å². The zero-order valence-corrected chi connectivity index (χ0v) is 17.2. The van der Waals surface area contributed by atoms with Crippen LogP contribution in [0.1, 0.15) is 19.3 Å². The Bertz CT molecular complexity index is 1020. The lowest BCUT2D eigenvalue weighted by molar-refractivity contribution is -0.131. The average Bonchev–Trinajstić information content (AvgIpc) is 3.37. The van der Waals surface area contributed by atoms with Crippen LogP contribution in [0.25, 0.3) is 22.5 Å². The summed E-state index contributed by atoms with van der Waals surface area (Å²) < 4.78 is 7.36. The number of likely N-dealkylation sites (tertiary alicyclic amines) is 1. The van der Waals surface area contributed by atoms with Crippen molar-refractivity contribution in [3.05, 3.63) is 54.9 Å². The third-order valence-corrected chi connectivity index (χ3v) is 6.16. The summed E-state index contributed by atoms with van der Waals surface area (Å²) >= 11 is 0. The van der Waals surface area contributed by atoms with Crippen LogP contribution in [0.3, 0.4) is 0 Å². The van der Waals surface area contributed by atoms with Gasteiger partial charge >= 0.3 is 0 Å². The Balaban J connectivity index is 1.28. The summed E-state index contributed by atoms with van der Waals surface area (Å²) in [7, 11) is 1.67. The van der Waals surface area contributed by atoms with Crippen molar-refractivity contribution in [1.82, 2.24) is 19.7 Å². The van der Waals surface area contributed by atoms with Crippen molar-refractivity contribution in [2.45, 2.75) is 25.8 Å². The van der Waals surface area contributed by atoms with E-state index < -0.39 is 0 Å². The fourth-order valence-electron chi connectivity index (χ4n) is 4.26. The van der Waals surface area contributed by atoms with Gasteiger partial charge in [0, 0.05) is 31.1 Å². The highest BCUT2D eigenvalue weighted by Crippen LogP contribution is 2.33. The van der Waals surface area contributed by atoms with E-state index in [0.29, 0.717) is 17.7 Å². The van der Waals surface area contributed by atoms with Crippen LogP contribution in [0.15, 0.2) is 54.9 Å². The molecule has 5 rings (SSSR count). The number of nitrogens with zero attached hydrogens (tertiary/aromatic N) is 4. The van der Waals surface area contributed by atoms with Crippen molar-refractivity contribution in [1.29, 1.82) is 0 Å². The number of carbonyl (C=O) groups is 1. The third kappa shape index (κ3) is 3.82. The largest absolute Gasteiger partial charge is 0.497 e. The number of hydrogen-bond acceptors (Lipinski definition) is 4. The highest BCUT2D eigenvalue weighted by molar-refractivity contribution is 5.81. The molecule has 3 aromatic rings. The molecule has 6 nitrogen and oxygen atoms in total. The second-order valence-electron chi connectivity index (χ2n) is 8.33. The number of rotatable bonds is 6. The molecule has 1 amide bonds. The Kier molecular flexibility index (Phi) is 4.99. The van der Waals surface area contributed by atoms with Crippen molar-refractivity contribution < 1.29 is 9.53 Å². The van der Waals surface area contributed by atoms with E-state index in [2.05, 4.69) is 56.1 Å². The minimum absolute atomic E-state index is 0.304. The van der Waals surface area contributed by atoms with Gasteiger partial charge in [0.05, 0.1) is 7.11 Å². The first-order valence-electron chi connectivity index (χ1n) is 10.6. The molecule has 1 saturated heterocycles. The van der Waals surface area contributed by atoms with E-state index in [9.17, 15) is 4.79 Å². The zero-order chi connectivity index (χ0) is 20.5. The number of benzene rings is 2. The molecule has 0 spiro atoms. The van der Waals surface area contributed by atoms with Crippen LogP contribution in [0, 0.1) is 11.8 Å². The summed E-state index contributed by atoms with van der Waals surface area (Å²) in [6.07, 6.45) is 4.99. The van der Waals surface area contributed by atoms with E-state index in [1.165, 1.54) is 0 Å². The molecule has 1 aliphatic heterocycles. The summed E-state index contributed by atoms with van der Waals surface area (Å²) in [6.45, 7) is 2.58. The maximum absolute atomic E-state index is 12.3. The molecule has 1 atom stereocenters. The van der Waals surface area contributed by atoms with Crippen LogP contribution < -0.4 is 4.74 Å². The summed E-state index contributed by atoms with van der Waals surface area (Å²) in [5.74, 6) is 2.85. The average molecular weight is 402 g/mol. The minimum atomic E-state index is 0.304. The van der Waals surface area contributed by atoms with Crippen molar-refractivity contribution >= 4 is 5.91 Å². The number of hydrogen-bond donors (Lipinski definition) is 0. The summed E-state index contributed by atoms with van der Waals surface area (Å²) in [6, 6.07) is 16.5. The molecule has 1 aromatic heterocycles. The predicted octanol–water partition coefficient (Wildman–Crippen LogP) is 3.88. The molecular weight excluding hydrogens is 376 g/mol. The molecule has 2 aromatic carbocycles. The van der Waals surface area contributed by atoms with Gasteiger partial charge in [-0.25, -0.2) is 0 Å². The van der Waals surface area contributed by atoms with Gasteiger partial charge in [-0.3, -0.25) is 4.79 Å². The maximum Gasteiger partial charge on any atom is 0.225 e. The molecule has 1 saturated carbocycles. The maximum atomic E-state index is 12.3. The van der Waals surface area contributed by atoms with Crippen molar-refractivity contribution in [3.8, 4) is 28.3 Å². The molecular formula is C24H26N4O2. The molecule has 2 fully saturated rings. The summed E-state index contributed by atoms with van der Waals surface area (Å²) in [5, 5.41) is 8.51. The smallest absolute Gasteiger partial charge is 0.225 e. The Hall–Kier alpha value is -3.15. The zero-order valence-electron chi connectivity index (χ0n) is 17.2. The van der Waals surface area contributed by atoms with E-state index in [-0.39, 0.29) is 0 Å². The molecule has 0 N–H and O–H groups in total. The van der Waals surface area contributed by atoms with Crippen LogP contribution in [-0.2, 0) is 11.3 Å². The van der Waals surface area contributed by atoms with Crippen LogP contribution in [-0.4, -0.2) is 45.8 Å². The van der Waals surface area contributed by atoms with E-state index in [0.717, 1.165) is 67.2 Å². The van der Waals surface area contributed by atoms with Crippen molar-refractivity contribution in [3.63, 3.8) is 0 Å². The number of ether oxygens (including phenoxy) is 1. The molecule has 154 valence electrons. The lowest BCUT2D eigenvalue weighted by Crippen LogP contribution is -2.30. The Morgan fingerprint density at radius 2 is 1.67 bits per heavy atom. The van der Waals surface area contributed by atoms with Gasteiger partial charge in [0.2, 0.25) is 5.91 Å². The predicted molar refractivity (Wildman–Crippen MR) is 115 cm³/mol. The first-order valence-corrected chi connectivity index (χ1v) is 10.6. The molecule has 2 heterocycles. The van der Waals surface area contributed by atoms with Gasteiger partial charge in [-0.2, -0.15) is 0 Å². The molecule has 1 aliphatic carbocycles. The third-order valence-electron chi connectivity index (χ3n) is 6.16. The highest BCUT2D eigenvalue weighted by Gasteiger charge is 2.36.